The highest BCUT2D eigenvalue weighted by atomic mass is 79.9. The molecule has 2 aromatic rings. The Kier molecular flexibility index (Phi) is 5.10. The highest BCUT2D eigenvalue weighted by molar-refractivity contribution is 9.10. The number of hydrogen-bond acceptors (Lipinski definition) is 4. The van der Waals surface area contributed by atoms with Gasteiger partial charge in [0.1, 0.15) is 0 Å². The molecule has 1 aliphatic heterocycles. The zero-order chi connectivity index (χ0) is 17.3. The van der Waals surface area contributed by atoms with Crippen LogP contribution in [-0.4, -0.2) is 21.2 Å². The predicted molar refractivity (Wildman–Crippen MR) is 99.7 cm³/mol. The lowest BCUT2D eigenvalue weighted by Gasteiger charge is -2.14. The van der Waals surface area contributed by atoms with Crippen molar-refractivity contribution >= 4 is 39.3 Å². The highest BCUT2D eigenvalue weighted by Crippen LogP contribution is 2.33. The molecule has 24 heavy (non-hydrogen) atoms. The van der Waals surface area contributed by atoms with Crippen molar-refractivity contribution in [1.29, 1.82) is 0 Å². The van der Waals surface area contributed by atoms with Crippen molar-refractivity contribution in [2.75, 3.05) is 11.1 Å². The van der Waals surface area contributed by atoms with Crippen molar-refractivity contribution < 1.29 is 4.79 Å². The second-order valence-corrected chi connectivity index (χ2v) is 7.96. The molecule has 1 N–H and O–H groups in total. The summed E-state index contributed by atoms with van der Waals surface area (Å²) in [6.07, 6.45) is 0.259. The maximum absolute atomic E-state index is 12.4. The summed E-state index contributed by atoms with van der Waals surface area (Å²) < 4.78 is 2.56. The number of amides is 1. The molecule has 1 aromatic carbocycles. The van der Waals surface area contributed by atoms with E-state index in [0.717, 1.165) is 15.9 Å². The van der Waals surface area contributed by atoms with Crippen LogP contribution >= 0.6 is 27.7 Å². The third-order valence-corrected chi connectivity index (χ3v) is 5.42. The zero-order valence-corrected chi connectivity index (χ0v) is 15.9. The largest absolute Gasteiger partial charge is 0.326 e. The summed E-state index contributed by atoms with van der Waals surface area (Å²) >= 11 is 4.92. The molecule has 0 spiro atoms. The molecule has 1 aromatic heterocycles. The summed E-state index contributed by atoms with van der Waals surface area (Å²) in [6.45, 7) is 4.03. The maximum Gasteiger partial charge on any atom is 0.254 e. The molecule has 0 aliphatic carbocycles. The predicted octanol–water partition coefficient (Wildman–Crippen LogP) is 3.80. The molecule has 1 atom stereocenters. The lowest BCUT2D eigenvalue weighted by molar-refractivity contribution is -0.116. The Hall–Kier alpha value is -1.60. The van der Waals surface area contributed by atoms with Crippen molar-refractivity contribution in [1.82, 2.24) is 9.55 Å². The number of carbonyl (C=O) groups is 1. The Morgan fingerprint density at radius 2 is 2.25 bits per heavy atom. The number of halogens is 1. The fourth-order valence-corrected chi connectivity index (χ4v) is 4.16. The van der Waals surface area contributed by atoms with Crippen molar-refractivity contribution in [3.05, 3.63) is 50.9 Å². The van der Waals surface area contributed by atoms with Crippen molar-refractivity contribution in [3.8, 4) is 0 Å². The summed E-state index contributed by atoms with van der Waals surface area (Å²) in [7, 11) is 0. The number of hydrogen-bond donors (Lipinski definition) is 1. The number of fused-ring (bicyclic) bond motifs is 1. The molecule has 0 radical (unpaired) electrons. The molecule has 0 saturated heterocycles. The number of nitrogens with zero attached hydrogens (tertiary/aromatic N) is 2. The number of benzene rings is 1. The van der Waals surface area contributed by atoms with Crippen molar-refractivity contribution in [2.45, 2.75) is 37.4 Å². The van der Waals surface area contributed by atoms with Crippen LogP contribution in [-0.2, 0) is 4.79 Å². The van der Waals surface area contributed by atoms with Gasteiger partial charge < -0.3 is 5.32 Å². The lowest BCUT2D eigenvalue weighted by Crippen LogP contribution is -2.28. The second-order valence-electron chi connectivity index (χ2n) is 6.05. The van der Waals surface area contributed by atoms with E-state index in [2.05, 4.69) is 26.2 Å². The first-order chi connectivity index (χ1) is 11.4. The van der Waals surface area contributed by atoms with E-state index in [9.17, 15) is 9.59 Å². The van der Waals surface area contributed by atoms with Gasteiger partial charge in [-0.2, -0.15) is 0 Å². The van der Waals surface area contributed by atoms with E-state index in [4.69, 9.17) is 0 Å². The Morgan fingerprint density at radius 3 is 2.96 bits per heavy atom. The minimum Gasteiger partial charge on any atom is -0.326 e. The highest BCUT2D eigenvalue weighted by Gasteiger charge is 2.28. The summed E-state index contributed by atoms with van der Waals surface area (Å²) in [5.74, 6) is 0.796. The van der Waals surface area contributed by atoms with Gasteiger partial charge in [-0.3, -0.25) is 14.2 Å². The number of rotatable bonds is 4. The monoisotopic (exact) mass is 407 g/mol. The summed E-state index contributed by atoms with van der Waals surface area (Å²) in [4.78, 5) is 29.3. The summed E-state index contributed by atoms with van der Waals surface area (Å²) in [5.41, 5.74) is 1.47. The molecule has 2 heterocycles. The summed E-state index contributed by atoms with van der Waals surface area (Å²) in [6, 6.07) is 8.87. The van der Waals surface area contributed by atoms with Crippen molar-refractivity contribution in [2.24, 2.45) is 0 Å². The van der Waals surface area contributed by atoms with Crippen LogP contribution in [0.2, 0.25) is 0 Å². The van der Waals surface area contributed by atoms with Gasteiger partial charge in [0.2, 0.25) is 5.91 Å². The second kappa shape index (κ2) is 7.11. The molecule has 3 rings (SSSR count). The molecule has 0 bridgehead atoms. The number of anilines is 1. The molecule has 126 valence electrons. The van der Waals surface area contributed by atoms with Gasteiger partial charge in [0.15, 0.2) is 5.16 Å². The van der Waals surface area contributed by atoms with Crippen LogP contribution in [0.15, 0.2) is 44.8 Å². The SMILES string of the molecule is CC(C)c1cc(=O)n2c(n1)SCC2CC(=O)Nc1cccc(Br)c1. The first-order valence-electron chi connectivity index (χ1n) is 7.75. The molecule has 1 unspecified atom stereocenters. The minimum absolute atomic E-state index is 0.0750. The third kappa shape index (κ3) is 3.72. The van der Waals surface area contributed by atoms with Crippen LogP contribution in [0.3, 0.4) is 0 Å². The number of carbonyl (C=O) groups excluding carboxylic acids is 1. The standard InChI is InChI=1S/C17H18BrN3O2S/c1-10(2)14-8-16(23)21-13(9-24-17(21)20-14)7-15(22)19-12-5-3-4-11(18)6-12/h3-6,8,10,13H,7,9H2,1-2H3,(H,19,22). The fraction of sp³-hybridized carbons (Fsp3) is 0.353. The van der Waals surface area contributed by atoms with Gasteiger partial charge in [-0.25, -0.2) is 4.98 Å². The number of thioether (sulfide) groups is 1. The van der Waals surface area contributed by atoms with Crippen molar-refractivity contribution in [3.63, 3.8) is 0 Å². The van der Waals surface area contributed by atoms with Crippen LogP contribution in [0.4, 0.5) is 5.69 Å². The van der Waals surface area contributed by atoms with Gasteiger partial charge in [0, 0.05) is 28.4 Å². The van der Waals surface area contributed by atoms with E-state index < -0.39 is 0 Å². The minimum atomic E-state index is -0.154. The topological polar surface area (TPSA) is 64.0 Å². The molecule has 0 fully saturated rings. The number of aromatic nitrogens is 2. The Morgan fingerprint density at radius 1 is 1.46 bits per heavy atom. The van der Waals surface area contributed by atoms with Gasteiger partial charge in [0.25, 0.3) is 5.56 Å². The fourth-order valence-electron chi connectivity index (χ4n) is 2.61. The Bertz CT molecular complexity index is 835. The third-order valence-electron chi connectivity index (χ3n) is 3.83. The zero-order valence-electron chi connectivity index (χ0n) is 13.5. The van der Waals surface area contributed by atoms with E-state index in [1.165, 1.54) is 11.8 Å². The van der Waals surface area contributed by atoms with Crippen LogP contribution in [0, 0.1) is 0 Å². The van der Waals surface area contributed by atoms with E-state index in [1.54, 1.807) is 10.6 Å². The van der Waals surface area contributed by atoms with Crippen LogP contribution in [0.25, 0.3) is 0 Å². The first-order valence-corrected chi connectivity index (χ1v) is 9.53. The van der Waals surface area contributed by atoms with Gasteiger partial charge >= 0.3 is 0 Å². The Balaban J connectivity index is 1.75. The van der Waals surface area contributed by atoms with Crippen LogP contribution in [0.5, 0.6) is 0 Å². The normalized spacial score (nSPS) is 16.2. The van der Waals surface area contributed by atoms with E-state index in [0.29, 0.717) is 10.9 Å². The molecule has 5 nitrogen and oxygen atoms in total. The quantitative estimate of drug-likeness (QED) is 0.782. The molecule has 0 saturated carbocycles. The van der Waals surface area contributed by atoms with E-state index in [1.807, 2.05) is 38.1 Å². The molecular formula is C17H18BrN3O2S. The van der Waals surface area contributed by atoms with Crippen LogP contribution in [0.1, 0.15) is 37.9 Å². The number of nitrogens with one attached hydrogen (secondary N) is 1. The van der Waals surface area contributed by atoms with Crippen LogP contribution < -0.4 is 10.9 Å². The molecule has 1 aliphatic rings. The Labute approximate surface area is 153 Å². The molecule has 1 amide bonds. The average Bonchev–Trinajstić information content (AvgIpc) is 2.90. The van der Waals surface area contributed by atoms with Gasteiger partial charge in [-0.15, -0.1) is 0 Å². The molecular weight excluding hydrogens is 390 g/mol. The summed E-state index contributed by atoms with van der Waals surface area (Å²) in [5, 5.41) is 3.59. The lowest BCUT2D eigenvalue weighted by atomic mass is 10.1. The van der Waals surface area contributed by atoms with E-state index >= 15 is 0 Å². The van der Waals surface area contributed by atoms with Gasteiger partial charge in [-0.1, -0.05) is 47.6 Å². The first kappa shape index (κ1) is 17.2. The smallest absolute Gasteiger partial charge is 0.254 e. The maximum atomic E-state index is 12.4. The molecule has 7 heteroatoms. The van der Waals surface area contributed by atoms with Gasteiger partial charge in [0.05, 0.1) is 11.7 Å². The average molecular weight is 408 g/mol. The van der Waals surface area contributed by atoms with E-state index in [-0.39, 0.29) is 29.8 Å². The van der Waals surface area contributed by atoms with Gasteiger partial charge in [-0.05, 0) is 24.1 Å².